The van der Waals surface area contributed by atoms with E-state index in [-0.39, 0.29) is 30.1 Å². The Morgan fingerprint density at radius 2 is 2.03 bits per heavy atom. The Morgan fingerprint density at radius 1 is 1.23 bits per heavy atom. The van der Waals surface area contributed by atoms with Crippen LogP contribution in [0.1, 0.15) is 31.6 Å². The highest BCUT2D eigenvalue weighted by Crippen LogP contribution is 2.16. The van der Waals surface area contributed by atoms with Crippen LogP contribution < -0.4 is 15.4 Å². The number of aromatic nitrogens is 2. The maximum atomic E-state index is 5.71. The first-order chi connectivity index (χ1) is 14.6. The molecule has 0 atom stereocenters. The Morgan fingerprint density at radius 3 is 2.68 bits per heavy atom. The Kier molecular flexibility index (Phi) is 10.4. The maximum absolute atomic E-state index is 5.71. The summed E-state index contributed by atoms with van der Waals surface area (Å²) in [5.41, 5.74) is 2.13. The third-order valence-electron chi connectivity index (χ3n) is 4.31. The molecule has 0 saturated carbocycles. The lowest BCUT2D eigenvalue weighted by Gasteiger charge is -2.14. The van der Waals surface area contributed by atoms with Crippen molar-refractivity contribution in [3.05, 3.63) is 66.4 Å². The lowest BCUT2D eigenvalue weighted by atomic mass is 10.3. The smallest absolute Gasteiger partial charge is 0.195 e. The third-order valence-corrected chi connectivity index (χ3v) is 4.31. The summed E-state index contributed by atoms with van der Waals surface area (Å²) in [6.07, 6.45) is 7.47. The topological polar surface area (TPSA) is 76.6 Å². The lowest BCUT2D eigenvalue weighted by Crippen LogP contribution is -2.32. The van der Waals surface area contributed by atoms with Gasteiger partial charge in [-0.1, -0.05) is 0 Å². The first kappa shape index (κ1) is 24.8. The fourth-order valence-electron chi connectivity index (χ4n) is 2.94. The van der Waals surface area contributed by atoms with Gasteiger partial charge in [-0.05, 0) is 69.2 Å². The van der Waals surface area contributed by atoms with Crippen molar-refractivity contribution in [2.45, 2.75) is 46.3 Å². The van der Waals surface area contributed by atoms with Gasteiger partial charge in [0.15, 0.2) is 5.96 Å². The molecule has 168 valence electrons. The highest BCUT2D eigenvalue weighted by Gasteiger charge is 2.03. The first-order valence-electron chi connectivity index (χ1n) is 10.4. The van der Waals surface area contributed by atoms with Crippen LogP contribution in [0.2, 0.25) is 0 Å². The van der Waals surface area contributed by atoms with E-state index in [0.717, 1.165) is 49.1 Å². The minimum absolute atomic E-state index is 0. The number of furan rings is 1. The van der Waals surface area contributed by atoms with Gasteiger partial charge in [0.25, 0.3) is 0 Å². The molecule has 0 aliphatic rings. The van der Waals surface area contributed by atoms with Gasteiger partial charge in [-0.15, -0.1) is 24.0 Å². The minimum atomic E-state index is 0. The summed E-state index contributed by atoms with van der Waals surface area (Å²) in [6, 6.07) is 11.8. The van der Waals surface area contributed by atoms with Crippen LogP contribution in [0.15, 0.2) is 64.5 Å². The normalized spacial score (nSPS) is 11.3. The molecule has 3 rings (SSSR count). The number of benzene rings is 1. The van der Waals surface area contributed by atoms with Crippen molar-refractivity contribution in [1.82, 2.24) is 15.1 Å². The van der Waals surface area contributed by atoms with Crippen molar-refractivity contribution in [2.75, 3.05) is 18.4 Å². The number of hydrogen-bond acceptors (Lipinski definition) is 4. The summed E-state index contributed by atoms with van der Waals surface area (Å²) >= 11 is 0. The van der Waals surface area contributed by atoms with Crippen molar-refractivity contribution in [3.63, 3.8) is 0 Å². The number of nitrogens with zero attached hydrogens (tertiary/aromatic N) is 3. The molecule has 0 aliphatic heterocycles. The second-order valence-electron chi connectivity index (χ2n) is 7.44. The molecule has 2 N–H and O–H groups in total. The van der Waals surface area contributed by atoms with Crippen LogP contribution in [0.25, 0.3) is 0 Å². The number of rotatable bonds is 10. The second kappa shape index (κ2) is 13.0. The predicted molar refractivity (Wildman–Crippen MR) is 136 cm³/mol. The summed E-state index contributed by atoms with van der Waals surface area (Å²) in [6.45, 7) is 8.35. The molecule has 0 unspecified atom stereocenters. The highest BCUT2D eigenvalue weighted by atomic mass is 127. The first-order valence-corrected chi connectivity index (χ1v) is 10.4. The van der Waals surface area contributed by atoms with Gasteiger partial charge in [0.05, 0.1) is 18.6 Å². The van der Waals surface area contributed by atoms with E-state index in [4.69, 9.17) is 14.1 Å². The molecule has 1 aromatic carbocycles. The van der Waals surface area contributed by atoms with Crippen LogP contribution in [0.3, 0.4) is 0 Å². The van der Waals surface area contributed by atoms with Gasteiger partial charge < -0.3 is 19.8 Å². The van der Waals surface area contributed by atoms with Gasteiger partial charge in [-0.3, -0.25) is 9.67 Å². The van der Waals surface area contributed by atoms with Gasteiger partial charge in [-0.25, -0.2) is 0 Å². The van der Waals surface area contributed by atoms with Gasteiger partial charge >= 0.3 is 0 Å². The molecule has 3 aromatic rings. The molecule has 2 heterocycles. The van der Waals surface area contributed by atoms with Gasteiger partial charge in [0, 0.05) is 37.9 Å². The molecule has 0 radical (unpaired) electrons. The average molecular weight is 537 g/mol. The fraction of sp³-hybridized carbons (Fsp3) is 0.391. The molecule has 0 bridgehead atoms. The van der Waals surface area contributed by atoms with Crippen LogP contribution in [0, 0.1) is 6.92 Å². The molecule has 0 fully saturated rings. The maximum Gasteiger partial charge on any atom is 0.195 e. The largest absolute Gasteiger partial charge is 0.491 e. The number of anilines is 1. The van der Waals surface area contributed by atoms with E-state index >= 15 is 0 Å². The number of nitrogens with one attached hydrogen (secondary N) is 2. The molecular weight excluding hydrogens is 505 g/mol. The molecule has 7 nitrogen and oxygen atoms in total. The monoisotopic (exact) mass is 537 g/mol. The van der Waals surface area contributed by atoms with Gasteiger partial charge in [-0.2, -0.15) is 5.10 Å². The van der Waals surface area contributed by atoms with Crippen LogP contribution >= 0.6 is 24.0 Å². The van der Waals surface area contributed by atoms with Crippen molar-refractivity contribution < 1.29 is 9.15 Å². The van der Waals surface area contributed by atoms with Crippen LogP contribution in [0.4, 0.5) is 5.69 Å². The number of hydrogen-bond donors (Lipinski definition) is 2. The Balaban J connectivity index is 0.00000341. The van der Waals surface area contributed by atoms with E-state index < -0.39 is 0 Å². The number of aliphatic imine (C=N–C) groups is 1. The molecule has 2 aromatic heterocycles. The predicted octanol–water partition coefficient (Wildman–Crippen LogP) is 4.88. The van der Waals surface area contributed by atoms with E-state index in [0.29, 0.717) is 6.54 Å². The summed E-state index contributed by atoms with van der Waals surface area (Å²) in [7, 11) is 0. The van der Waals surface area contributed by atoms with Gasteiger partial charge in [0.2, 0.25) is 0 Å². The number of aryl methyl sites for hydroxylation is 2. The number of halogens is 1. The Labute approximate surface area is 201 Å². The Bertz CT molecular complexity index is 904. The minimum Gasteiger partial charge on any atom is -0.491 e. The van der Waals surface area contributed by atoms with E-state index in [1.54, 1.807) is 6.26 Å². The van der Waals surface area contributed by atoms with E-state index in [2.05, 4.69) is 15.7 Å². The zero-order valence-electron chi connectivity index (χ0n) is 18.4. The fourth-order valence-corrected chi connectivity index (χ4v) is 2.94. The summed E-state index contributed by atoms with van der Waals surface area (Å²) in [5.74, 6) is 2.55. The van der Waals surface area contributed by atoms with Crippen molar-refractivity contribution in [2.24, 2.45) is 4.99 Å². The van der Waals surface area contributed by atoms with Crippen LogP contribution in [-0.4, -0.2) is 34.9 Å². The second-order valence-corrected chi connectivity index (χ2v) is 7.44. The Hall–Kier alpha value is -2.49. The zero-order chi connectivity index (χ0) is 21.2. The number of ether oxygens (including phenoxy) is 1. The van der Waals surface area contributed by atoms with Crippen molar-refractivity contribution in [1.29, 1.82) is 0 Å². The average Bonchev–Trinajstić information content (AvgIpc) is 3.38. The molecule has 0 saturated heterocycles. The van der Waals surface area contributed by atoms with E-state index in [9.17, 15) is 0 Å². The molecular formula is C23H32IN5O2. The lowest BCUT2D eigenvalue weighted by molar-refractivity contribution is 0.242. The highest BCUT2D eigenvalue weighted by molar-refractivity contribution is 14.0. The van der Waals surface area contributed by atoms with Crippen LogP contribution in [0.5, 0.6) is 5.75 Å². The molecule has 0 spiro atoms. The SMILES string of the molecule is Cc1cnn(CCCN=C(NCCc2ccco2)Nc2ccc(OC(C)C)cc2)c1.I. The summed E-state index contributed by atoms with van der Waals surface area (Å²) in [5, 5.41) is 11.1. The molecule has 0 aliphatic carbocycles. The summed E-state index contributed by atoms with van der Waals surface area (Å²) in [4.78, 5) is 4.72. The zero-order valence-corrected chi connectivity index (χ0v) is 20.7. The van der Waals surface area contributed by atoms with E-state index in [1.807, 2.05) is 74.2 Å². The van der Waals surface area contributed by atoms with Crippen molar-refractivity contribution in [3.8, 4) is 5.75 Å². The quantitative estimate of drug-likeness (QED) is 0.167. The van der Waals surface area contributed by atoms with Crippen molar-refractivity contribution >= 4 is 35.6 Å². The number of guanidine groups is 1. The van der Waals surface area contributed by atoms with Gasteiger partial charge in [0.1, 0.15) is 11.5 Å². The molecule has 8 heteroatoms. The summed E-state index contributed by atoms with van der Waals surface area (Å²) < 4.78 is 13.1. The van der Waals surface area contributed by atoms with E-state index in [1.165, 1.54) is 5.56 Å². The molecule has 31 heavy (non-hydrogen) atoms. The standard InChI is InChI=1S/C23H31N5O2.HI/c1-18(2)30-22-9-7-20(8-10-22)27-23(25-13-11-21-6-4-15-29-21)24-12-5-14-28-17-19(3)16-26-28;/h4,6-10,15-18H,5,11-14H2,1-3H3,(H2,24,25,27);1H. The molecule has 0 amide bonds. The third kappa shape index (κ3) is 9.04. The van der Waals surface area contributed by atoms with Crippen LogP contribution in [-0.2, 0) is 13.0 Å².